The van der Waals surface area contributed by atoms with Gasteiger partial charge in [-0.3, -0.25) is 10.1 Å². The maximum Gasteiger partial charge on any atom is 0.336 e. The van der Waals surface area contributed by atoms with E-state index in [1.54, 1.807) is 25.6 Å². The van der Waals surface area contributed by atoms with E-state index in [1.165, 1.54) is 12.7 Å². The monoisotopic (exact) mass is 410 g/mol. The average Bonchev–Trinajstić information content (AvgIpc) is 2.72. The van der Waals surface area contributed by atoms with Crippen molar-refractivity contribution < 1.29 is 14.5 Å². The van der Waals surface area contributed by atoms with E-state index in [9.17, 15) is 14.9 Å². The SMILES string of the molecule is COC(=O)C1=C(C)NC(C)=C([N+](=O)[O-])C1c1cccc(SCc2ccccc2)c1. The Morgan fingerprint density at radius 1 is 1.14 bits per heavy atom. The fourth-order valence-corrected chi connectivity index (χ4v) is 4.37. The Morgan fingerprint density at radius 2 is 1.86 bits per heavy atom. The molecule has 1 unspecified atom stereocenters. The highest BCUT2D eigenvalue weighted by molar-refractivity contribution is 7.98. The smallest absolute Gasteiger partial charge is 0.336 e. The fraction of sp³-hybridized carbons (Fsp3) is 0.227. The average molecular weight is 410 g/mol. The van der Waals surface area contributed by atoms with Gasteiger partial charge < -0.3 is 10.1 Å². The summed E-state index contributed by atoms with van der Waals surface area (Å²) >= 11 is 1.64. The van der Waals surface area contributed by atoms with Gasteiger partial charge in [-0.2, -0.15) is 0 Å². The molecule has 1 N–H and O–H groups in total. The van der Waals surface area contributed by atoms with E-state index in [-0.39, 0.29) is 11.3 Å². The number of thioether (sulfide) groups is 1. The summed E-state index contributed by atoms with van der Waals surface area (Å²) in [6.45, 7) is 3.38. The van der Waals surface area contributed by atoms with Crippen LogP contribution < -0.4 is 5.32 Å². The molecule has 1 aliphatic rings. The number of benzene rings is 2. The molecule has 0 saturated carbocycles. The van der Waals surface area contributed by atoms with Crippen LogP contribution in [0.4, 0.5) is 0 Å². The normalized spacial score (nSPS) is 16.4. The molecule has 6 nitrogen and oxygen atoms in total. The van der Waals surface area contributed by atoms with E-state index in [1.807, 2.05) is 42.5 Å². The van der Waals surface area contributed by atoms with E-state index in [0.29, 0.717) is 17.0 Å². The molecule has 0 radical (unpaired) electrons. The first-order valence-corrected chi connectivity index (χ1v) is 10.1. The van der Waals surface area contributed by atoms with Gasteiger partial charge >= 0.3 is 5.97 Å². The number of hydrogen-bond acceptors (Lipinski definition) is 6. The highest BCUT2D eigenvalue weighted by Crippen LogP contribution is 2.40. The third-order valence-electron chi connectivity index (χ3n) is 4.77. The highest BCUT2D eigenvalue weighted by Gasteiger charge is 2.40. The second-order valence-corrected chi connectivity index (χ2v) is 7.75. The Morgan fingerprint density at radius 3 is 2.52 bits per heavy atom. The van der Waals surface area contributed by atoms with Gasteiger partial charge in [0, 0.05) is 16.3 Å². The minimum Gasteiger partial charge on any atom is -0.466 e. The van der Waals surface area contributed by atoms with E-state index in [4.69, 9.17) is 4.74 Å². The maximum absolute atomic E-state index is 12.5. The first-order chi connectivity index (χ1) is 13.9. The molecule has 2 aromatic rings. The van der Waals surface area contributed by atoms with Crippen molar-refractivity contribution in [2.24, 2.45) is 0 Å². The van der Waals surface area contributed by atoms with Crippen LogP contribution >= 0.6 is 11.8 Å². The number of nitrogens with zero attached hydrogens (tertiary/aromatic N) is 1. The van der Waals surface area contributed by atoms with Crippen LogP contribution in [0.3, 0.4) is 0 Å². The molecule has 1 heterocycles. The van der Waals surface area contributed by atoms with Gasteiger partial charge in [-0.15, -0.1) is 11.8 Å². The summed E-state index contributed by atoms with van der Waals surface area (Å²) in [7, 11) is 1.28. The number of nitrogens with one attached hydrogen (secondary N) is 1. The summed E-state index contributed by atoms with van der Waals surface area (Å²) in [6, 6.07) is 17.6. The van der Waals surface area contributed by atoms with Gasteiger partial charge in [0.1, 0.15) is 5.92 Å². The minimum absolute atomic E-state index is 0.0405. The van der Waals surface area contributed by atoms with E-state index in [2.05, 4.69) is 17.4 Å². The van der Waals surface area contributed by atoms with Crippen LogP contribution in [0.25, 0.3) is 0 Å². The Hall–Kier alpha value is -3.06. The first kappa shape index (κ1) is 20.7. The predicted octanol–water partition coefficient (Wildman–Crippen LogP) is 4.62. The summed E-state index contributed by atoms with van der Waals surface area (Å²) < 4.78 is 4.92. The number of rotatable bonds is 6. The molecule has 0 saturated heterocycles. The number of allylic oxidation sites excluding steroid dienone is 3. The second-order valence-electron chi connectivity index (χ2n) is 6.70. The molecule has 3 rings (SSSR count). The van der Waals surface area contributed by atoms with Crippen molar-refractivity contribution in [1.29, 1.82) is 0 Å². The molecule has 29 heavy (non-hydrogen) atoms. The van der Waals surface area contributed by atoms with Gasteiger partial charge in [-0.25, -0.2) is 4.79 Å². The Bertz CT molecular complexity index is 999. The van der Waals surface area contributed by atoms with Crippen molar-refractivity contribution in [2.75, 3.05) is 7.11 Å². The molecule has 0 aromatic heterocycles. The van der Waals surface area contributed by atoms with Crippen molar-refractivity contribution in [3.05, 3.63) is 98.5 Å². The number of ether oxygens (including phenoxy) is 1. The molecule has 150 valence electrons. The summed E-state index contributed by atoms with van der Waals surface area (Å²) in [5.41, 5.74) is 3.09. The zero-order valence-corrected chi connectivity index (χ0v) is 17.3. The van der Waals surface area contributed by atoms with Crippen LogP contribution in [0.2, 0.25) is 0 Å². The Balaban J connectivity index is 1.99. The lowest BCUT2D eigenvalue weighted by Crippen LogP contribution is -2.31. The summed E-state index contributed by atoms with van der Waals surface area (Å²) in [4.78, 5) is 24.9. The van der Waals surface area contributed by atoms with Gasteiger partial charge in [-0.1, -0.05) is 42.5 Å². The van der Waals surface area contributed by atoms with Crippen LogP contribution in [0.1, 0.15) is 30.9 Å². The topological polar surface area (TPSA) is 81.5 Å². The molecular formula is C22H22N2O4S. The largest absolute Gasteiger partial charge is 0.466 e. The molecule has 0 fully saturated rings. The zero-order valence-electron chi connectivity index (χ0n) is 16.5. The van der Waals surface area contributed by atoms with Gasteiger partial charge in [0.05, 0.1) is 23.3 Å². The minimum atomic E-state index is -0.795. The van der Waals surface area contributed by atoms with E-state index >= 15 is 0 Å². The van der Waals surface area contributed by atoms with Gasteiger partial charge in [-0.05, 0) is 37.1 Å². The van der Waals surface area contributed by atoms with Crippen molar-refractivity contribution in [3.8, 4) is 0 Å². The molecular weight excluding hydrogens is 388 g/mol. The number of dihydropyridines is 1. The molecule has 0 amide bonds. The van der Waals surface area contributed by atoms with Gasteiger partial charge in [0.2, 0.25) is 0 Å². The third-order valence-corrected chi connectivity index (χ3v) is 5.83. The third kappa shape index (κ3) is 4.51. The number of carbonyl (C=O) groups excluding carboxylic acids is 1. The Kier molecular flexibility index (Phi) is 6.39. The number of methoxy groups -OCH3 is 1. The summed E-state index contributed by atoms with van der Waals surface area (Å²) in [5, 5.41) is 14.8. The standard InChI is InChI=1S/C22H22N2O4S/c1-14-19(22(25)28-3)20(21(24(26)27)15(2)23-14)17-10-7-11-18(12-17)29-13-16-8-5-4-6-9-16/h4-12,20,23H,13H2,1-3H3. The summed E-state index contributed by atoms with van der Waals surface area (Å²) in [5.74, 6) is -0.586. The highest BCUT2D eigenvalue weighted by atomic mass is 32.2. The molecule has 0 spiro atoms. The molecule has 0 aliphatic carbocycles. The van der Waals surface area contributed by atoms with Gasteiger partial charge in [0.15, 0.2) is 0 Å². The number of hydrogen-bond donors (Lipinski definition) is 1. The first-order valence-electron chi connectivity index (χ1n) is 9.10. The lowest BCUT2D eigenvalue weighted by Gasteiger charge is -2.26. The maximum atomic E-state index is 12.5. The number of esters is 1. The fourth-order valence-electron chi connectivity index (χ4n) is 3.45. The van der Waals surface area contributed by atoms with E-state index in [0.717, 1.165) is 10.6 Å². The van der Waals surface area contributed by atoms with Crippen LogP contribution in [0, 0.1) is 10.1 Å². The van der Waals surface area contributed by atoms with Crippen molar-refractivity contribution in [1.82, 2.24) is 5.32 Å². The zero-order chi connectivity index (χ0) is 21.0. The Labute approximate surface area is 173 Å². The molecule has 1 aliphatic heterocycles. The van der Waals surface area contributed by atoms with Crippen LogP contribution in [0.15, 0.2) is 82.2 Å². The van der Waals surface area contributed by atoms with E-state index < -0.39 is 16.8 Å². The quantitative estimate of drug-likeness (QED) is 0.324. The van der Waals surface area contributed by atoms with Crippen LogP contribution in [-0.2, 0) is 15.3 Å². The number of nitro groups is 1. The van der Waals surface area contributed by atoms with Crippen LogP contribution in [0.5, 0.6) is 0 Å². The second kappa shape index (κ2) is 8.96. The van der Waals surface area contributed by atoms with Gasteiger partial charge in [0.25, 0.3) is 5.70 Å². The summed E-state index contributed by atoms with van der Waals surface area (Å²) in [6.07, 6.45) is 0. The molecule has 1 atom stereocenters. The lowest BCUT2D eigenvalue weighted by atomic mass is 9.84. The van der Waals surface area contributed by atoms with Crippen molar-refractivity contribution >= 4 is 17.7 Å². The molecule has 7 heteroatoms. The number of carbonyl (C=O) groups is 1. The lowest BCUT2D eigenvalue weighted by molar-refractivity contribution is -0.431. The predicted molar refractivity (Wildman–Crippen MR) is 113 cm³/mol. The van der Waals surface area contributed by atoms with Crippen LogP contribution in [-0.4, -0.2) is 18.0 Å². The van der Waals surface area contributed by atoms with Crippen molar-refractivity contribution in [3.63, 3.8) is 0 Å². The van der Waals surface area contributed by atoms with Crippen molar-refractivity contribution in [2.45, 2.75) is 30.4 Å². The molecule has 2 aromatic carbocycles. The molecule has 0 bridgehead atoms.